The molecule has 0 N–H and O–H groups in total. The molecule has 4 rings (SSSR count). The van der Waals surface area contributed by atoms with Gasteiger partial charge in [0.15, 0.2) is 0 Å². The summed E-state index contributed by atoms with van der Waals surface area (Å²) in [5.74, 6) is 0.388. The lowest BCUT2D eigenvalue weighted by molar-refractivity contribution is -0.384. The van der Waals surface area contributed by atoms with E-state index in [0.29, 0.717) is 18.7 Å². The molecule has 0 saturated carbocycles. The summed E-state index contributed by atoms with van der Waals surface area (Å²) in [4.78, 5) is 24.8. The van der Waals surface area contributed by atoms with Gasteiger partial charge in [-0.3, -0.25) is 14.9 Å². The molecule has 8 nitrogen and oxygen atoms in total. The summed E-state index contributed by atoms with van der Waals surface area (Å²) < 4.78 is 5.55. The molecule has 28 heavy (non-hydrogen) atoms. The number of amides is 1. The number of benzene rings is 2. The van der Waals surface area contributed by atoms with Crippen LogP contribution in [0, 0.1) is 10.1 Å². The van der Waals surface area contributed by atoms with E-state index >= 15 is 0 Å². The second kappa shape index (κ2) is 7.81. The van der Waals surface area contributed by atoms with Crippen LogP contribution in [0.5, 0.6) is 0 Å². The fourth-order valence-electron chi connectivity index (χ4n) is 3.06. The average Bonchev–Trinajstić information content (AvgIpc) is 3.21. The van der Waals surface area contributed by atoms with E-state index in [0.717, 1.165) is 18.2 Å². The number of nitro groups is 1. The number of nitrogens with zero attached hydrogens (tertiary/aromatic N) is 4. The molecule has 1 amide bonds. The number of non-ortho nitro benzene ring substituents is 1. The monoisotopic (exact) mass is 396 g/mol. The van der Waals surface area contributed by atoms with Gasteiger partial charge in [0.05, 0.1) is 10.7 Å². The van der Waals surface area contributed by atoms with E-state index in [2.05, 4.69) is 16.3 Å². The molecule has 0 spiro atoms. The lowest BCUT2D eigenvalue weighted by Crippen LogP contribution is -2.37. The maximum Gasteiger partial charge on any atom is 0.277 e. The third-order valence-corrected chi connectivity index (χ3v) is 5.32. The van der Waals surface area contributed by atoms with E-state index in [9.17, 15) is 14.9 Å². The van der Waals surface area contributed by atoms with Gasteiger partial charge in [0.1, 0.15) is 0 Å². The Morgan fingerprint density at radius 2 is 2.00 bits per heavy atom. The zero-order valence-electron chi connectivity index (χ0n) is 14.8. The number of nitro benzene ring substituents is 1. The predicted octanol–water partition coefficient (Wildman–Crippen LogP) is 3.32. The first-order chi connectivity index (χ1) is 13.6. The average molecular weight is 396 g/mol. The first-order valence-corrected chi connectivity index (χ1v) is 9.64. The van der Waals surface area contributed by atoms with E-state index in [1.165, 1.54) is 23.3 Å². The number of carbonyl (C=O) groups excluding carboxylic acids is 1. The van der Waals surface area contributed by atoms with Crippen LogP contribution in [0.1, 0.15) is 11.1 Å². The highest BCUT2D eigenvalue weighted by molar-refractivity contribution is 7.99. The number of rotatable bonds is 5. The van der Waals surface area contributed by atoms with Crippen LogP contribution in [0.15, 0.2) is 58.2 Å². The van der Waals surface area contributed by atoms with Gasteiger partial charge in [-0.2, -0.15) is 0 Å². The SMILES string of the molecule is O=C(CSc1nnc(-c2cccc([N+](=O)[O-])c2)o1)N1CCc2ccccc2C1. The Morgan fingerprint density at radius 3 is 2.82 bits per heavy atom. The van der Waals surface area contributed by atoms with Crippen LogP contribution < -0.4 is 0 Å². The Hall–Kier alpha value is -3.20. The van der Waals surface area contributed by atoms with Gasteiger partial charge >= 0.3 is 0 Å². The summed E-state index contributed by atoms with van der Waals surface area (Å²) in [5.41, 5.74) is 2.88. The van der Waals surface area contributed by atoms with Gasteiger partial charge in [-0.25, -0.2) is 0 Å². The normalized spacial score (nSPS) is 13.2. The van der Waals surface area contributed by atoms with Crippen molar-refractivity contribution in [2.45, 2.75) is 18.2 Å². The summed E-state index contributed by atoms with van der Waals surface area (Å²) >= 11 is 1.16. The van der Waals surface area contributed by atoms with Crippen molar-refractivity contribution in [1.82, 2.24) is 15.1 Å². The van der Waals surface area contributed by atoms with Crippen molar-refractivity contribution in [3.05, 3.63) is 69.8 Å². The third kappa shape index (κ3) is 3.89. The van der Waals surface area contributed by atoms with Gasteiger partial charge in [-0.05, 0) is 23.6 Å². The lowest BCUT2D eigenvalue weighted by Gasteiger charge is -2.28. The predicted molar refractivity (Wildman–Crippen MR) is 103 cm³/mol. The number of fused-ring (bicyclic) bond motifs is 1. The smallest absolute Gasteiger partial charge is 0.277 e. The molecule has 0 fully saturated rings. The van der Waals surface area contributed by atoms with Crippen LogP contribution in [0.3, 0.4) is 0 Å². The topological polar surface area (TPSA) is 102 Å². The van der Waals surface area contributed by atoms with Gasteiger partial charge in [0.2, 0.25) is 11.8 Å². The Bertz CT molecular complexity index is 1040. The molecule has 2 heterocycles. The van der Waals surface area contributed by atoms with E-state index < -0.39 is 4.92 Å². The summed E-state index contributed by atoms with van der Waals surface area (Å²) in [6.07, 6.45) is 0.851. The largest absolute Gasteiger partial charge is 0.411 e. The minimum Gasteiger partial charge on any atom is -0.411 e. The van der Waals surface area contributed by atoms with Crippen molar-refractivity contribution in [2.24, 2.45) is 0 Å². The Balaban J connectivity index is 1.38. The van der Waals surface area contributed by atoms with Gasteiger partial charge in [-0.1, -0.05) is 42.1 Å². The molecule has 0 unspecified atom stereocenters. The molecule has 0 saturated heterocycles. The van der Waals surface area contributed by atoms with Crippen molar-refractivity contribution in [3.63, 3.8) is 0 Å². The van der Waals surface area contributed by atoms with Crippen LogP contribution in [0.25, 0.3) is 11.5 Å². The summed E-state index contributed by atoms with van der Waals surface area (Å²) in [6, 6.07) is 14.1. The maximum atomic E-state index is 12.5. The molecule has 0 aliphatic carbocycles. The molecular formula is C19H16N4O4S. The van der Waals surface area contributed by atoms with Gasteiger partial charge in [0.25, 0.3) is 10.9 Å². The van der Waals surface area contributed by atoms with Gasteiger partial charge < -0.3 is 9.32 Å². The molecule has 1 aliphatic heterocycles. The van der Waals surface area contributed by atoms with E-state index in [1.54, 1.807) is 12.1 Å². The van der Waals surface area contributed by atoms with Gasteiger partial charge in [-0.15, -0.1) is 10.2 Å². The Labute approximate surface area is 164 Å². The molecule has 0 bridgehead atoms. The lowest BCUT2D eigenvalue weighted by atomic mass is 10.00. The van der Waals surface area contributed by atoms with Crippen LogP contribution in [-0.4, -0.2) is 38.2 Å². The summed E-state index contributed by atoms with van der Waals surface area (Å²) in [5, 5.41) is 19.0. The first kappa shape index (κ1) is 18.2. The summed E-state index contributed by atoms with van der Waals surface area (Å²) in [7, 11) is 0. The Morgan fingerprint density at radius 1 is 1.18 bits per heavy atom. The fraction of sp³-hybridized carbons (Fsp3) is 0.211. The molecule has 0 radical (unpaired) electrons. The third-order valence-electron chi connectivity index (χ3n) is 4.51. The molecule has 2 aromatic carbocycles. The van der Waals surface area contributed by atoms with Crippen LogP contribution in [0.2, 0.25) is 0 Å². The van der Waals surface area contributed by atoms with Gasteiger partial charge in [0, 0.05) is 30.8 Å². The molecule has 142 valence electrons. The highest BCUT2D eigenvalue weighted by Gasteiger charge is 2.21. The molecule has 9 heteroatoms. The molecule has 1 aromatic heterocycles. The quantitative estimate of drug-likeness (QED) is 0.370. The molecular weight excluding hydrogens is 380 g/mol. The maximum absolute atomic E-state index is 12.5. The van der Waals surface area contributed by atoms with E-state index in [4.69, 9.17) is 4.42 Å². The van der Waals surface area contributed by atoms with Crippen molar-refractivity contribution < 1.29 is 14.1 Å². The van der Waals surface area contributed by atoms with Crippen molar-refractivity contribution >= 4 is 23.4 Å². The van der Waals surface area contributed by atoms with Crippen molar-refractivity contribution in [2.75, 3.05) is 12.3 Å². The van der Waals surface area contributed by atoms with Crippen molar-refractivity contribution in [3.8, 4) is 11.5 Å². The Kier molecular flexibility index (Phi) is 5.07. The second-order valence-electron chi connectivity index (χ2n) is 6.30. The molecule has 0 atom stereocenters. The van der Waals surface area contributed by atoms with Crippen molar-refractivity contribution in [1.29, 1.82) is 0 Å². The number of aromatic nitrogens is 2. The number of thioether (sulfide) groups is 1. The van der Waals surface area contributed by atoms with E-state index in [1.807, 2.05) is 23.1 Å². The molecule has 1 aliphatic rings. The fourth-order valence-corrected chi connectivity index (χ4v) is 3.73. The van der Waals surface area contributed by atoms with Crippen LogP contribution >= 0.6 is 11.8 Å². The van der Waals surface area contributed by atoms with Crippen LogP contribution in [-0.2, 0) is 17.8 Å². The highest BCUT2D eigenvalue weighted by atomic mass is 32.2. The number of hydrogen-bond donors (Lipinski definition) is 0. The minimum atomic E-state index is -0.481. The molecule has 3 aromatic rings. The highest BCUT2D eigenvalue weighted by Crippen LogP contribution is 2.26. The second-order valence-corrected chi connectivity index (χ2v) is 7.23. The van der Waals surface area contributed by atoms with E-state index in [-0.39, 0.29) is 28.5 Å². The first-order valence-electron chi connectivity index (χ1n) is 8.66. The minimum absolute atomic E-state index is 0.00889. The number of carbonyl (C=O) groups is 1. The zero-order valence-corrected chi connectivity index (χ0v) is 15.6. The van der Waals surface area contributed by atoms with Crippen LogP contribution in [0.4, 0.5) is 5.69 Å². The zero-order chi connectivity index (χ0) is 19.5. The standard InChI is InChI=1S/C19H16N4O4S/c24-17(22-9-8-13-4-1-2-5-15(13)11-22)12-28-19-21-20-18(27-19)14-6-3-7-16(10-14)23(25)26/h1-7,10H,8-9,11-12H2. The number of hydrogen-bond acceptors (Lipinski definition) is 7. The summed E-state index contributed by atoms with van der Waals surface area (Å²) in [6.45, 7) is 1.30.